The van der Waals surface area contributed by atoms with Gasteiger partial charge in [-0.05, 0) is 12.1 Å². The number of nitro groups is 4. The fourth-order valence-corrected chi connectivity index (χ4v) is 4.55. The minimum Gasteiger partial charge on any atom is -0.781 e. The molecular weight excluding hydrogens is 647 g/mol. The fraction of sp³-hybridized carbons (Fsp3) is 0.0769. The van der Waals surface area contributed by atoms with Crippen molar-refractivity contribution in [2.75, 3.05) is 0 Å². The Kier molecular flexibility index (Phi) is 10.4. The first-order valence-electron chi connectivity index (χ1n) is 11.8. The molecule has 43 heavy (non-hydrogen) atoms. The molecule has 0 aliphatic rings. The van der Waals surface area contributed by atoms with Crippen LogP contribution >= 0.6 is 0 Å². The van der Waals surface area contributed by atoms with Crippen molar-refractivity contribution in [3.8, 4) is 0 Å². The van der Waals surface area contributed by atoms with Crippen LogP contribution in [0.4, 0.5) is 34.1 Å². The van der Waals surface area contributed by atoms with E-state index in [0.717, 1.165) is 36.4 Å². The summed E-state index contributed by atoms with van der Waals surface area (Å²) in [4.78, 5) is 44.4. The second-order valence-electron chi connectivity index (χ2n) is 8.60. The Morgan fingerprint density at radius 2 is 0.884 bits per heavy atom. The minimum atomic E-state index is -1.44. The van der Waals surface area contributed by atoms with E-state index < -0.39 is 54.5 Å². The van der Waals surface area contributed by atoms with Gasteiger partial charge in [-0.3, -0.25) is 40.5 Å². The van der Waals surface area contributed by atoms with Crippen LogP contribution in [0.5, 0.6) is 0 Å². The summed E-state index contributed by atoms with van der Waals surface area (Å²) in [5, 5.41) is 56.5. The van der Waals surface area contributed by atoms with Gasteiger partial charge in [0.15, 0.2) is 0 Å². The molecule has 4 aromatic carbocycles. The van der Waals surface area contributed by atoms with E-state index in [1.165, 1.54) is 12.1 Å². The van der Waals surface area contributed by atoms with Gasteiger partial charge in [-0.2, -0.15) is 21.2 Å². The molecule has 4 rings (SSSR count). The Hall–Kier alpha value is -4.99. The number of benzene rings is 4. The predicted octanol–water partition coefficient (Wildman–Crippen LogP) is 7.32. The molecule has 0 amide bonds. The van der Waals surface area contributed by atoms with Gasteiger partial charge in [0.2, 0.25) is 0 Å². The van der Waals surface area contributed by atoms with Gasteiger partial charge in [-0.1, -0.05) is 60.6 Å². The summed E-state index contributed by atoms with van der Waals surface area (Å²) in [6, 6.07) is 15.6. The molecule has 0 saturated heterocycles. The minimum absolute atomic E-state index is 0. The van der Waals surface area contributed by atoms with Gasteiger partial charge in [0.05, 0.1) is 31.8 Å². The van der Waals surface area contributed by atoms with Crippen molar-refractivity contribution in [3.63, 3.8) is 0 Å². The van der Waals surface area contributed by atoms with Crippen molar-refractivity contribution in [2.45, 2.75) is 21.9 Å². The van der Waals surface area contributed by atoms with Crippen molar-refractivity contribution in [3.05, 3.63) is 147 Å². The zero-order chi connectivity index (χ0) is 30.6. The Labute approximate surface area is 263 Å². The smallest absolute Gasteiger partial charge is 0.278 e. The van der Waals surface area contributed by atoms with E-state index in [-0.39, 0.29) is 48.8 Å². The summed E-state index contributed by atoms with van der Waals surface area (Å²) in [6.45, 7) is 0. The molecule has 4 aromatic rings. The van der Waals surface area contributed by atoms with E-state index in [4.69, 9.17) is 25.3 Å². The van der Waals surface area contributed by atoms with Crippen molar-refractivity contribution < 1.29 is 36.2 Å². The first kappa shape index (κ1) is 32.5. The number of rotatable bonds is 11. The Bertz CT molecular complexity index is 1600. The van der Waals surface area contributed by atoms with Crippen LogP contribution in [0.15, 0.2) is 94.7 Å². The van der Waals surface area contributed by atoms with Gasteiger partial charge >= 0.3 is 0 Å². The third kappa shape index (κ3) is 7.27. The van der Waals surface area contributed by atoms with E-state index >= 15 is 0 Å². The van der Waals surface area contributed by atoms with E-state index in [1.807, 2.05) is 0 Å². The number of non-ortho nitro benzene ring substituents is 2. The number of para-hydroxylation sites is 2. The second-order valence-corrected chi connectivity index (χ2v) is 9.48. The molecule has 0 spiro atoms. The average molecular weight is 663 g/mol. The molecule has 0 bridgehead atoms. The van der Waals surface area contributed by atoms with Crippen LogP contribution in [0.25, 0.3) is 10.6 Å². The largest absolute Gasteiger partial charge is 0.781 e. The van der Waals surface area contributed by atoms with Crippen molar-refractivity contribution in [2.24, 2.45) is 0 Å². The Balaban J connectivity index is 0.00000506. The Morgan fingerprint density at radius 3 is 1.19 bits per heavy atom. The monoisotopic (exact) mass is 662 g/mol. The molecule has 0 saturated carbocycles. The summed E-state index contributed by atoms with van der Waals surface area (Å²) in [6.07, 6.45) is 0. The summed E-state index contributed by atoms with van der Waals surface area (Å²) < 4.78 is 0. The molecule has 14 nitrogen and oxygen atoms in total. The van der Waals surface area contributed by atoms with Gasteiger partial charge in [0, 0.05) is 39.8 Å². The summed E-state index contributed by atoms with van der Waals surface area (Å²) in [5.41, 5.74) is -2.52. The van der Waals surface area contributed by atoms with Crippen LogP contribution in [0.1, 0.15) is 23.2 Å². The topological polar surface area (TPSA) is 201 Å². The quantitative estimate of drug-likeness (QED) is 0.0677. The summed E-state index contributed by atoms with van der Waals surface area (Å²) in [7, 11) is 0. The van der Waals surface area contributed by atoms with Gasteiger partial charge < -0.3 is 35.9 Å². The van der Waals surface area contributed by atoms with Crippen LogP contribution in [0.2, 0.25) is 0 Å². The zero-order valence-corrected chi connectivity index (χ0v) is 23.9. The number of nitro benzene ring substituents is 4. The molecule has 17 heteroatoms. The molecular formula is C26H16N6NiO8S2-4. The first-order valence-corrected chi connectivity index (χ1v) is 12.6. The van der Waals surface area contributed by atoms with Crippen molar-refractivity contribution >= 4 is 59.4 Å². The molecule has 0 fully saturated rings. The van der Waals surface area contributed by atoms with Crippen LogP contribution in [0.3, 0.4) is 0 Å². The standard InChI is InChI=1S/C26H18N6O8S2.Ni/c33-29(34)15-9-11-17(21(13-15)31(37)38)25(27-19-5-1-3-7-23(19)41)26(28-20-6-2-4-8-24(20)42)18-12-10-16(30(35)36)14-22(18)32(39)40;/h1-14,25-26,41-42H;/q-2;/p-2. The van der Waals surface area contributed by atoms with Gasteiger partial charge in [0.25, 0.3) is 22.7 Å². The molecule has 0 aromatic heterocycles. The van der Waals surface area contributed by atoms with Gasteiger partial charge in [-0.15, -0.1) is 0 Å². The SMILES string of the molecule is O=[N+]([O-])c1ccc(C([N-]c2ccccc2[S-])C([N-]c2ccccc2[S-])c2ccc([N+](=O)[O-])cc2[N+](=O)[O-])c([N+](=O)[O-])c1.[Ni]. The second kappa shape index (κ2) is 13.8. The van der Waals surface area contributed by atoms with E-state index in [2.05, 4.69) is 10.6 Å². The van der Waals surface area contributed by atoms with E-state index in [9.17, 15) is 40.5 Å². The van der Waals surface area contributed by atoms with Crippen LogP contribution in [-0.4, -0.2) is 19.7 Å². The molecule has 2 atom stereocenters. The maximum Gasteiger partial charge on any atom is 0.278 e. The maximum atomic E-state index is 12.2. The van der Waals surface area contributed by atoms with E-state index in [0.29, 0.717) is 0 Å². The first-order chi connectivity index (χ1) is 20.0. The van der Waals surface area contributed by atoms with Crippen molar-refractivity contribution in [1.29, 1.82) is 0 Å². The Morgan fingerprint density at radius 1 is 0.535 bits per heavy atom. The predicted molar refractivity (Wildman–Crippen MR) is 155 cm³/mol. The summed E-state index contributed by atoms with van der Waals surface area (Å²) in [5.74, 6) is 0. The average Bonchev–Trinajstić information content (AvgIpc) is 2.96. The van der Waals surface area contributed by atoms with E-state index in [1.54, 1.807) is 36.4 Å². The molecule has 0 N–H and O–H groups in total. The van der Waals surface area contributed by atoms with Crippen molar-refractivity contribution in [1.82, 2.24) is 0 Å². The van der Waals surface area contributed by atoms with Gasteiger partial charge in [0.1, 0.15) is 0 Å². The third-order valence-corrected chi connectivity index (χ3v) is 6.76. The molecule has 0 radical (unpaired) electrons. The maximum absolute atomic E-state index is 12.2. The normalized spacial score (nSPS) is 11.8. The van der Waals surface area contributed by atoms with Gasteiger partial charge in [-0.25, -0.2) is 0 Å². The molecule has 2 unspecified atom stereocenters. The molecule has 0 heterocycles. The number of hydrogen-bond donors (Lipinski definition) is 0. The third-order valence-electron chi connectivity index (χ3n) is 6.07. The molecule has 0 aliphatic carbocycles. The molecule has 224 valence electrons. The number of nitrogens with zero attached hydrogens (tertiary/aromatic N) is 6. The molecule has 0 aliphatic heterocycles. The fourth-order valence-electron chi connectivity index (χ4n) is 4.16. The number of hydrogen-bond acceptors (Lipinski definition) is 10. The zero-order valence-electron chi connectivity index (χ0n) is 21.3. The van der Waals surface area contributed by atoms with Crippen LogP contribution < -0.4 is 0 Å². The summed E-state index contributed by atoms with van der Waals surface area (Å²) >= 11 is 10.8. The van der Waals surface area contributed by atoms with Crippen LogP contribution in [-0.2, 0) is 41.7 Å². The van der Waals surface area contributed by atoms with Crippen LogP contribution in [0, 0.1) is 40.5 Å².